The zero-order chi connectivity index (χ0) is 41.6. The topological polar surface area (TPSA) is 34.5 Å². The summed E-state index contributed by atoms with van der Waals surface area (Å²) in [5, 5.41) is 9.66. The lowest BCUT2D eigenvalue weighted by Crippen LogP contribution is -2.60. The average Bonchev–Trinajstić information content (AvgIpc) is 4.01. The highest BCUT2D eigenvalue weighted by molar-refractivity contribution is 7.26. The lowest BCUT2D eigenvalue weighted by atomic mass is 9.44. The van der Waals surface area contributed by atoms with E-state index in [0.29, 0.717) is 0 Å². The molecule has 0 atom stereocenters. The second-order valence-electron chi connectivity index (χ2n) is 19.7. The second-order valence-corrected chi connectivity index (χ2v) is 20.8. The fraction of sp³-hybridized carbons (Fsp3) is 0.143. The van der Waals surface area contributed by atoms with Crippen LogP contribution in [0.2, 0.25) is 0 Å². The third-order valence-electron chi connectivity index (χ3n) is 14.1. The Morgan fingerprint density at radius 2 is 1.13 bits per heavy atom. The minimum Gasteiger partial charge on any atom is -0.456 e. The van der Waals surface area contributed by atoms with Crippen LogP contribution in [-0.4, -0.2) is 11.4 Å². The molecule has 0 N–H and O–H groups in total. The SMILES string of the molecule is CC(C)(C)c1ccc(N2B3c4cc5sc6ccccc6c5cc4-n4c5cc6oc7ccccc7c6cc5c5ccc(c3c54)-c3cc4oc5cc(C(C)(C)C)ccc5c4cc32)cc1. The zero-order valence-corrected chi connectivity index (χ0v) is 36.3. The molecule has 0 radical (unpaired) electrons. The summed E-state index contributed by atoms with van der Waals surface area (Å²) < 4.78 is 18.6. The molecular weight excluding hydrogens is 776 g/mol. The van der Waals surface area contributed by atoms with Gasteiger partial charge >= 0.3 is 6.85 Å². The normalized spacial score (nSPS) is 13.9. The number of furan rings is 2. The summed E-state index contributed by atoms with van der Waals surface area (Å²) in [5.74, 6) is 0. The maximum Gasteiger partial charge on any atom is 0.333 e. The molecule has 0 saturated heterocycles. The van der Waals surface area contributed by atoms with E-state index in [1.54, 1.807) is 0 Å². The molecule has 62 heavy (non-hydrogen) atoms. The second kappa shape index (κ2) is 11.6. The highest BCUT2D eigenvalue weighted by Gasteiger charge is 2.44. The van der Waals surface area contributed by atoms with Crippen molar-refractivity contribution >= 4 is 126 Å². The van der Waals surface area contributed by atoms with E-state index in [-0.39, 0.29) is 17.7 Å². The molecule has 0 aliphatic carbocycles. The van der Waals surface area contributed by atoms with Gasteiger partial charge in [0.1, 0.15) is 22.3 Å². The number of hydrogen-bond donors (Lipinski definition) is 0. The van der Waals surface area contributed by atoms with Gasteiger partial charge in [0.25, 0.3) is 0 Å². The molecule has 0 fully saturated rings. The molecule has 14 rings (SSSR count). The molecule has 0 spiro atoms. The number of aromatic nitrogens is 1. The minimum absolute atomic E-state index is 0.0105. The highest BCUT2D eigenvalue weighted by Crippen LogP contribution is 2.49. The molecule has 8 aromatic carbocycles. The van der Waals surface area contributed by atoms with Gasteiger partial charge in [-0.3, -0.25) is 0 Å². The van der Waals surface area contributed by atoms with Crippen LogP contribution in [0.4, 0.5) is 11.4 Å². The van der Waals surface area contributed by atoms with Crippen LogP contribution in [0.3, 0.4) is 0 Å². The lowest BCUT2D eigenvalue weighted by Gasteiger charge is -2.42. The van der Waals surface area contributed by atoms with Crippen LogP contribution < -0.4 is 15.7 Å². The molecule has 4 nitrogen and oxygen atoms in total. The number of anilines is 2. The monoisotopic (exact) mass is 816 g/mol. The van der Waals surface area contributed by atoms with Crippen molar-refractivity contribution in [1.82, 2.24) is 4.57 Å². The predicted octanol–water partition coefficient (Wildman–Crippen LogP) is 14.8. The third kappa shape index (κ3) is 4.52. The van der Waals surface area contributed by atoms with Crippen molar-refractivity contribution in [3.8, 4) is 16.8 Å². The van der Waals surface area contributed by atoms with Gasteiger partial charge in [-0.1, -0.05) is 114 Å². The fourth-order valence-corrected chi connectivity index (χ4v) is 12.1. The molecule has 0 amide bonds. The minimum atomic E-state index is -0.102. The summed E-state index contributed by atoms with van der Waals surface area (Å²) in [6.07, 6.45) is 0. The Kier molecular flexibility index (Phi) is 6.52. The van der Waals surface area contributed by atoms with E-state index in [1.807, 2.05) is 11.3 Å². The zero-order valence-electron chi connectivity index (χ0n) is 35.5. The Bertz CT molecular complexity index is 3960. The molecule has 4 aromatic heterocycles. The van der Waals surface area contributed by atoms with Crippen molar-refractivity contribution in [1.29, 1.82) is 0 Å². The standard InChI is InChI=1S/C56H41BN2O2S/c1-55(2,3)30-15-18-32(19-16-30)59-45-25-41-34-20-17-31(56(4,5)6)23-48(34)61-49(41)27-39(45)36-21-22-37-38-24-40-33-11-7-9-13-47(33)60-50(40)29-44(38)58-46-26-42-35-12-8-10-14-51(35)62-52(42)28-43(46)57(59)53(36)54(37)58/h7-29H,1-6H3. The maximum atomic E-state index is 6.83. The van der Waals surface area contributed by atoms with Crippen LogP contribution in [-0.2, 0) is 10.8 Å². The van der Waals surface area contributed by atoms with Gasteiger partial charge in [0.2, 0.25) is 0 Å². The van der Waals surface area contributed by atoms with E-state index in [2.05, 4.69) is 190 Å². The highest BCUT2D eigenvalue weighted by atomic mass is 32.1. The van der Waals surface area contributed by atoms with Gasteiger partial charge in [-0.2, -0.15) is 0 Å². The maximum absolute atomic E-state index is 6.83. The molecule has 12 aromatic rings. The Morgan fingerprint density at radius 3 is 1.95 bits per heavy atom. The molecular formula is C56H41BN2O2S. The van der Waals surface area contributed by atoms with Gasteiger partial charge in [-0.15, -0.1) is 11.3 Å². The van der Waals surface area contributed by atoms with Gasteiger partial charge in [0, 0.05) is 81.2 Å². The number of hydrogen-bond acceptors (Lipinski definition) is 4. The van der Waals surface area contributed by atoms with Crippen LogP contribution in [0, 0.1) is 0 Å². The molecule has 2 aliphatic rings. The lowest BCUT2D eigenvalue weighted by molar-refractivity contribution is 0.587. The van der Waals surface area contributed by atoms with Crippen molar-refractivity contribution in [3.63, 3.8) is 0 Å². The Labute approximate surface area is 362 Å². The van der Waals surface area contributed by atoms with Crippen LogP contribution in [0.5, 0.6) is 0 Å². The first-order valence-electron chi connectivity index (χ1n) is 21.8. The van der Waals surface area contributed by atoms with Crippen molar-refractivity contribution in [2.45, 2.75) is 52.4 Å². The van der Waals surface area contributed by atoms with Gasteiger partial charge in [0.15, 0.2) is 0 Å². The van der Waals surface area contributed by atoms with Crippen molar-refractivity contribution < 1.29 is 8.83 Å². The molecule has 296 valence electrons. The van der Waals surface area contributed by atoms with Crippen LogP contribution >= 0.6 is 11.3 Å². The molecule has 2 aliphatic heterocycles. The van der Waals surface area contributed by atoms with E-state index in [1.165, 1.54) is 86.7 Å². The quantitative estimate of drug-likeness (QED) is 0.155. The third-order valence-corrected chi connectivity index (χ3v) is 15.2. The molecule has 0 unspecified atom stereocenters. The summed E-state index contributed by atoms with van der Waals surface area (Å²) in [4.78, 5) is 2.64. The van der Waals surface area contributed by atoms with Crippen molar-refractivity contribution in [2.24, 2.45) is 0 Å². The van der Waals surface area contributed by atoms with Crippen LogP contribution in [0.1, 0.15) is 52.7 Å². The first-order chi connectivity index (χ1) is 30.0. The Hall–Kier alpha value is -6.76. The number of fused-ring (bicyclic) bond motifs is 17. The van der Waals surface area contributed by atoms with Crippen LogP contribution in [0.25, 0.3) is 103 Å². The molecule has 6 heterocycles. The average molecular weight is 817 g/mol. The van der Waals surface area contributed by atoms with E-state index >= 15 is 0 Å². The first-order valence-corrected chi connectivity index (χ1v) is 22.6. The largest absolute Gasteiger partial charge is 0.456 e. The molecule has 6 heteroatoms. The van der Waals surface area contributed by atoms with Crippen molar-refractivity contribution in [3.05, 3.63) is 151 Å². The van der Waals surface area contributed by atoms with E-state index in [9.17, 15) is 0 Å². The molecule has 0 saturated carbocycles. The summed E-state index contributed by atoms with van der Waals surface area (Å²) in [6, 6.07) is 52.6. The Morgan fingerprint density at radius 1 is 0.468 bits per heavy atom. The fourth-order valence-electron chi connectivity index (χ4n) is 11.0. The Balaban J connectivity index is 1.15. The summed E-state index contributed by atoms with van der Waals surface area (Å²) in [6.45, 7) is 13.6. The predicted molar refractivity (Wildman–Crippen MR) is 265 cm³/mol. The smallest absolute Gasteiger partial charge is 0.333 e. The van der Waals surface area contributed by atoms with Crippen LogP contribution in [0.15, 0.2) is 148 Å². The van der Waals surface area contributed by atoms with Crippen molar-refractivity contribution in [2.75, 3.05) is 4.81 Å². The first kappa shape index (κ1) is 34.9. The number of para-hydroxylation sites is 1. The van der Waals surface area contributed by atoms with E-state index in [0.717, 1.165) is 49.4 Å². The van der Waals surface area contributed by atoms with Gasteiger partial charge < -0.3 is 18.2 Å². The van der Waals surface area contributed by atoms with Gasteiger partial charge in [0.05, 0.1) is 11.0 Å². The number of benzene rings is 8. The van der Waals surface area contributed by atoms with Gasteiger partial charge in [-0.25, -0.2) is 0 Å². The number of rotatable bonds is 1. The summed E-state index contributed by atoms with van der Waals surface area (Å²) in [7, 11) is 0. The van der Waals surface area contributed by atoms with E-state index < -0.39 is 0 Å². The summed E-state index contributed by atoms with van der Waals surface area (Å²) >= 11 is 1.89. The van der Waals surface area contributed by atoms with Gasteiger partial charge in [-0.05, 0) is 99.1 Å². The number of nitrogens with zero attached hydrogens (tertiary/aromatic N) is 2. The number of thiophene rings is 1. The van der Waals surface area contributed by atoms with E-state index in [4.69, 9.17) is 8.83 Å². The molecule has 0 bridgehead atoms. The summed E-state index contributed by atoms with van der Waals surface area (Å²) in [5.41, 5.74) is 17.3.